The summed E-state index contributed by atoms with van der Waals surface area (Å²) in [7, 11) is -1.20. The van der Waals surface area contributed by atoms with Crippen LogP contribution in [0.3, 0.4) is 0 Å². The Morgan fingerprint density at radius 2 is 1.88 bits per heavy atom. The summed E-state index contributed by atoms with van der Waals surface area (Å²) in [6.45, 7) is 7.45. The lowest BCUT2D eigenvalue weighted by Gasteiger charge is -2.44. The van der Waals surface area contributed by atoms with Gasteiger partial charge in [0.2, 0.25) is 0 Å². The Kier molecular flexibility index (Phi) is 4.53. The molecule has 26 heavy (non-hydrogen) atoms. The van der Waals surface area contributed by atoms with E-state index in [2.05, 4.69) is 19.6 Å². The number of hydrogen-bond acceptors (Lipinski definition) is 2. The molecule has 4 bridgehead atoms. The number of rotatable bonds is 6. The van der Waals surface area contributed by atoms with E-state index in [0.29, 0.717) is 24.9 Å². The third-order valence-electron chi connectivity index (χ3n) is 7.32. The molecule has 0 N–H and O–H groups in total. The summed E-state index contributed by atoms with van der Waals surface area (Å²) >= 11 is 0. The Morgan fingerprint density at radius 1 is 1.15 bits per heavy atom. The maximum absolute atomic E-state index is 13.5. The van der Waals surface area contributed by atoms with Crippen LogP contribution in [0.5, 0.6) is 0 Å². The normalized spacial score (nSPS) is 35.1. The van der Waals surface area contributed by atoms with Crippen LogP contribution in [0.25, 0.3) is 0 Å². The fourth-order valence-corrected chi connectivity index (χ4v) is 6.97. The summed E-state index contributed by atoms with van der Waals surface area (Å²) in [5, 5.41) is 0. The lowest BCUT2D eigenvalue weighted by molar-refractivity contribution is -0.146. The molecule has 4 fully saturated rings. The summed E-state index contributed by atoms with van der Waals surface area (Å²) in [4.78, 5) is 12.8. The van der Waals surface area contributed by atoms with Crippen molar-refractivity contribution in [3.8, 4) is 0 Å². The third kappa shape index (κ3) is 3.15. The molecule has 1 aromatic rings. The van der Waals surface area contributed by atoms with Gasteiger partial charge < -0.3 is 4.74 Å². The first-order chi connectivity index (χ1) is 12.3. The fourth-order valence-electron chi connectivity index (χ4n) is 6.26. The van der Waals surface area contributed by atoms with E-state index < -0.39 is 8.07 Å². The molecule has 5 rings (SSSR count). The zero-order valence-electron chi connectivity index (χ0n) is 16.3. The summed E-state index contributed by atoms with van der Waals surface area (Å²) < 4.78 is 19.2. The lowest BCUT2D eigenvalue weighted by atomic mass is 9.59. The zero-order chi connectivity index (χ0) is 18.5. The maximum atomic E-state index is 13.5. The molecule has 4 heteroatoms. The van der Waals surface area contributed by atoms with Gasteiger partial charge in [0.25, 0.3) is 0 Å². The maximum Gasteiger partial charge on any atom is 0.306 e. The molecule has 142 valence electrons. The van der Waals surface area contributed by atoms with Gasteiger partial charge in [0.15, 0.2) is 0 Å². The van der Waals surface area contributed by atoms with E-state index in [0.717, 1.165) is 17.9 Å². The van der Waals surface area contributed by atoms with Crippen molar-refractivity contribution in [2.75, 3.05) is 6.61 Å². The van der Waals surface area contributed by atoms with Gasteiger partial charge in [-0.25, -0.2) is 4.39 Å². The minimum Gasteiger partial charge on any atom is -0.466 e. The molecule has 4 unspecified atom stereocenters. The minimum absolute atomic E-state index is 0.0522. The van der Waals surface area contributed by atoms with Crippen LogP contribution < -0.4 is 0 Å². The lowest BCUT2D eigenvalue weighted by Crippen LogP contribution is -2.43. The standard InChI is InChI=1S/C22H31FO2Si/c1-26(2,3)9-8-25-21(24)14-22(17-4-6-19(23)7-5-17)18-11-15-10-16(13-18)20(22)12-15/h4-7,15-16,18,20H,8-14H2,1-3H3/t15?,16?,18?,20?,22-/m0/s1. The molecule has 5 atom stereocenters. The van der Waals surface area contributed by atoms with Gasteiger partial charge in [-0.3, -0.25) is 4.79 Å². The highest BCUT2D eigenvalue weighted by atomic mass is 28.3. The molecular weight excluding hydrogens is 343 g/mol. The Labute approximate surface area is 157 Å². The molecule has 0 amide bonds. The van der Waals surface area contributed by atoms with Crippen LogP contribution in [0.2, 0.25) is 25.7 Å². The van der Waals surface area contributed by atoms with E-state index in [1.807, 2.05) is 12.1 Å². The average molecular weight is 375 g/mol. The van der Waals surface area contributed by atoms with Crippen molar-refractivity contribution in [3.63, 3.8) is 0 Å². The highest BCUT2D eigenvalue weighted by Gasteiger charge is 2.63. The van der Waals surface area contributed by atoms with Gasteiger partial charge >= 0.3 is 5.97 Å². The third-order valence-corrected chi connectivity index (χ3v) is 9.03. The predicted molar refractivity (Wildman–Crippen MR) is 104 cm³/mol. The molecule has 0 aromatic heterocycles. The predicted octanol–water partition coefficient (Wildman–Crippen LogP) is 5.40. The molecule has 0 spiro atoms. The van der Waals surface area contributed by atoms with Gasteiger partial charge in [0.05, 0.1) is 13.0 Å². The number of hydrogen-bond donors (Lipinski definition) is 0. The molecule has 4 aliphatic rings. The second-order valence-corrected chi connectivity index (χ2v) is 15.7. The van der Waals surface area contributed by atoms with E-state index in [1.54, 1.807) is 12.1 Å². The van der Waals surface area contributed by atoms with Crippen molar-refractivity contribution in [2.24, 2.45) is 23.7 Å². The highest BCUT2D eigenvalue weighted by molar-refractivity contribution is 6.76. The van der Waals surface area contributed by atoms with Crippen LogP contribution in [-0.2, 0) is 14.9 Å². The summed E-state index contributed by atoms with van der Waals surface area (Å²) in [5.41, 5.74) is 1.04. The van der Waals surface area contributed by atoms with Gasteiger partial charge in [-0.1, -0.05) is 31.8 Å². The Bertz CT molecular complexity index is 676. The first-order valence-electron chi connectivity index (χ1n) is 10.2. The number of halogens is 1. The summed E-state index contributed by atoms with van der Waals surface area (Å²) in [5.74, 6) is 2.47. The van der Waals surface area contributed by atoms with Gasteiger partial charge in [0.1, 0.15) is 5.82 Å². The van der Waals surface area contributed by atoms with Gasteiger partial charge in [-0.05, 0) is 73.1 Å². The number of benzene rings is 1. The van der Waals surface area contributed by atoms with E-state index in [4.69, 9.17) is 4.74 Å². The van der Waals surface area contributed by atoms with Crippen molar-refractivity contribution in [2.45, 2.75) is 63.2 Å². The van der Waals surface area contributed by atoms with E-state index in [1.165, 1.54) is 31.2 Å². The number of carbonyl (C=O) groups is 1. The Morgan fingerprint density at radius 3 is 2.54 bits per heavy atom. The van der Waals surface area contributed by atoms with Crippen LogP contribution in [0.1, 0.15) is 37.7 Å². The Hall–Kier alpha value is -1.16. The van der Waals surface area contributed by atoms with Crippen LogP contribution in [0.4, 0.5) is 4.39 Å². The molecule has 2 nitrogen and oxygen atoms in total. The van der Waals surface area contributed by atoms with Crippen molar-refractivity contribution >= 4 is 14.0 Å². The fraction of sp³-hybridized carbons (Fsp3) is 0.682. The highest BCUT2D eigenvalue weighted by Crippen LogP contribution is 2.68. The van der Waals surface area contributed by atoms with E-state index in [-0.39, 0.29) is 17.2 Å². The monoisotopic (exact) mass is 374 g/mol. The quantitative estimate of drug-likeness (QED) is 0.492. The van der Waals surface area contributed by atoms with Gasteiger partial charge in [-0.2, -0.15) is 0 Å². The summed E-state index contributed by atoms with van der Waals surface area (Å²) in [6, 6.07) is 8.00. The number of ether oxygens (including phenoxy) is 1. The van der Waals surface area contributed by atoms with E-state index >= 15 is 0 Å². The molecule has 0 heterocycles. The van der Waals surface area contributed by atoms with Crippen LogP contribution in [0, 0.1) is 29.5 Å². The molecule has 0 radical (unpaired) electrons. The smallest absolute Gasteiger partial charge is 0.306 e. The van der Waals surface area contributed by atoms with E-state index in [9.17, 15) is 9.18 Å². The molecule has 4 aliphatic carbocycles. The van der Waals surface area contributed by atoms with Crippen molar-refractivity contribution < 1.29 is 13.9 Å². The van der Waals surface area contributed by atoms with Gasteiger partial charge in [0, 0.05) is 13.5 Å². The van der Waals surface area contributed by atoms with Crippen molar-refractivity contribution in [1.29, 1.82) is 0 Å². The van der Waals surface area contributed by atoms with Crippen LogP contribution in [0.15, 0.2) is 24.3 Å². The zero-order valence-corrected chi connectivity index (χ0v) is 17.3. The van der Waals surface area contributed by atoms with Crippen LogP contribution >= 0.6 is 0 Å². The number of esters is 1. The molecule has 1 aromatic carbocycles. The number of carbonyl (C=O) groups excluding carboxylic acids is 1. The second-order valence-electron chi connectivity index (χ2n) is 10.1. The molecule has 4 saturated carbocycles. The summed E-state index contributed by atoms with van der Waals surface area (Å²) in [6.07, 6.45) is 5.51. The minimum atomic E-state index is -1.20. The first-order valence-corrected chi connectivity index (χ1v) is 13.9. The van der Waals surface area contributed by atoms with Crippen molar-refractivity contribution in [1.82, 2.24) is 0 Å². The largest absolute Gasteiger partial charge is 0.466 e. The Balaban J connectivity index is 1.57. The topological polar surface area (TPSA) is 26.3 Å². The van der Waals surface area contributed by atoms with Gasteiger partial charge in [-0.15, -0.1) is 0 Å². The SMILES string of the molecule is C[Si](C)(C)CCOC(=O)C[C@]1(c2ccc(F)cc2)C2CC3CC(C2)C1C3. The molecule has 0 aliphatic heterocycles. The molecule has 0 saturated heterocycles. The first kappa shape index (κ1) is 18.2. The van der Waals surface area contributed by atoms with Crippen molar-refractivity contribution in [3.05, 3.63) is 35.6 Å². The average Bonchev–Trinajstić information content (AvgIpc) is 2.95. The molecular formula is C22H31FO2Si. The van der Waals surface area contributed by atoms with Crippen LogP contribution in [-0.4, -0.2) is 20.7 Å². The second kappa shape index (κ2) is 6.47.